The molecule has 1 N–H and O–H groups in total. The van der Waals surface area contributed by atoms with Crippen molar-refractivity contribution in [1.29, 1.82) is 0 Å². The second kappa shape index (κ2) is 4.93. The number of aromatic nitrogens is 2. The largest absolute Gasteiger partial charge is 0.437 e. The molecule has 2 rings (SSSR count). The van der Waals surface area contributed by atoms with Crippen LogP contribution in [0, 0.1) is 6.92 Å². The quantitative estimate of drug-likeness (QED) is 0.880. The third-order valence-electron chi connectivity index (χ3n) is 2.35. The Morgan fingerprint density at radius 2 is 1.94 bits per heavy atom. The monoisotopic (exact) mass is 230 g/mol. The molecule has 0 aliphatic carbocycles. The van der Waals surface area contributed by atoms with Gasteiger partial charge in [-0.05, 0) is 37.6 Å². The molecule has 2 aromatic rings. The van der Waals surface area contributed by atoms with E-state index >= 15 is 0 Å². The van der Waals surface area contributed by atoms with Crippen molar-refractivity contribution in [3.05, 3.63) is 47.9 Å². The van der Waals surface area contributed by atoms with Crippen molar-refractivity contribution < 1.29 is 9.84 Å². The van der Waals surface area contributed by atoms with Gasteiger partial charge >= 0.3 is 0 Å². The number of hydrogen-bond acceptors (Lipinski definition) is 4. The highest BCUT2D eigenvalue weighted by Gasteiger charge is 2.03. The van der Waals surface area contributed by atoms with Crippen molar-refractivity contribution in [1.82, 2.24) is 9.97 Å². The molecule has 0 aliphatic rings. The topological polar surface area (TPSA) is 55.2 Å². The highest BCUT2D eigenvalue weighted by molar-refractivity contribution is 5.26. The molecular formula is C13H14N2O2. The van der Waals surface area contributed by atoms with Crippen molar-refractivity contribution in [2.75, 3.05) is 0 Å². The first-order chi connectivity index (χ1) is 8.15. The van der Waals surface area contributed by atoms with E-state index in [-0.39, 0.29) is 0 Å². The molecule has 0 saturated carbocycles. The van der Waals surface area contributed by atoms with E-state index < -0.39 is 6.10 Å². The standard InChI is InChI=1S/C13H14N2O2/c1-9-3-5-12(8-14-9)17-13-6-4-11(7-15-13)10(2)16/h3-8,10,16H,1-2H3. The first kappa shape index (κ1) is 11.5. The predicted octanol–water partition coefficient (Wildman–Crippen LogP) is 2.63. The number of aryl methyl sites for hydroxylation is 1. The van der Waals surface area contributed by atoms with Crippen molar-refractivity contribution in [2.24, 2.45) is 0 Å². The molecule has 0 fully saturated rings. The van der Waals surface area contributed by atoms with Crippen LogP contribution in [0.3, 0.4) is 0 Å². The molecule has 4 heteroatoms. The molecule has 1 atom stereocenters. The van der Waals surface area contributed by atoms with E-state index in [1.54, 1.807) is 31.5 Å². The van der Waals surface area contributed by atoms with Gasteiger partial charge in [-0.3, -0.25) is 4.98 Å². The van der Waals surface area contributed by atoms with Crippen LogP contribution < -0.4 is 4.74 Å². The lowest BCUT2D eigenvalue weighted by molar-refractivity contribution is 0.198. The fourth-order valence-electron chi connectivity index (χ4n) is 1.33. The van der Waals surface area contributed by atoms with E-state index in [1.165, 1.54) is 0 Å². The lowest BCUT2D eigenvalue weighted by atomic mass is 10.2. The summed E-state index contributed by atoms with van der Waals surface area (Å²) >= 11 is 0. The van der Waals surface area contributed by atoms with Gasteiger partial charge in [-0.25, -0.2) is 4.98 Å². The Morgan fingerprint density at radius 1 is 1.12 bits per heavy atom. The lowest BCUT2D eigenvalue weighted by Gasteiger charge is -2.06. The van der Waals surface area contributed by atoms with Gasteiger partial charge in [0.2, 0.25) is 5.88 Å². The Kier molecular flexibility index (Phi) is 3.35. The SMILES string of the molecule is Cc1ccc(Oc2ccc(C(C)O)cn2)cn1. The van der Waals surface area contributed by atoms with E-state index in [0.717, 1.165) is 11.3 Å². The molecule has 0 bridgehead atoms. The zero-order valence-electron chi connectivity index (χ0n) is 9.79. The van der Waals surface area contributed by atoms with Gasteiger partial charge in [-0.1, -0.05) is 0 Å². The molecule has 0 amide bonds. The normalized spacial score (nSPS) is 12.2. The van der Waals surface area contributed by atoms with E-state index in [1.807, 2.05) is 19.1 Å². The molecule has 1 unspecified atom stereocenters. The molecule has 4 nitrogen and oxygen atoms in total. The fourth-order valence-corrected chi connectivity index (χ4v) is 1.33. The van der Waals surface area contributed by atoms with E-state index in [9.17, 15) is 5.11 Å². The number of nitrogens with zero attached hydrogens (tertiary/aromatic N) is 2. The minimum atomic E-state index is -0.516. The van der Waals surface area contributed by atoms with Gasteiger partial charge in [0.05, 0.1) is 12.3 Å². The summed E-state index contributed by atoms with van der Waals surface area (Å²) < 4.78 is 5.51. The van der Waals surface area contributed by atoms with Gasteiger partial charge < -0.3 is 9.84 Å². The lowest BCUT2D eigenvalue weighted by Crippen LogP contribution is -1.94. The average Bonchev–Trinajstić information content (AvgIpc) is 2.33. The van der Waals surface area contributed by atoms with Gasteiger partial charge in [0, 0.05) is 18.0 Å². The van der Waals surface area contributed by atoms with E-state index in [0.29, 0.717) is 11.6 Å². The van der Waals surface area contributed by atoms with Gasteiger partial charge in [0.25, 0.3) is 0 Å². The average molecular weight is 230 g/mol. The zero-order chi connectivity index (χ0) is 12.3. The minimum Gasteiger partial charge on any atom is -0.437 e. The van der Waals surface area contributed by atoms with E-state index in [4.69, 9.17) is 4.74 Å². The van der Waals surface area contributed by atoms with Gasteiger partial charge in [-0.2, -0.15) is 0 Å². The van der Waals surface area contributed by atoms with Crippen LogP contribution in [0.5, 0.6) is 11.6 Å². The van der Waals surface area contributed by atoms with Gasteiger partial charge in [-0.15, -0.1) is 0 Å². The van der Waals surface area contributed by atoms with Crippen LogP contribution in [-0.2, 0) is 0 Å². The van der Waals surface area contributed by atoms with Crippen LogP contribution in [0.4, 0.5) is 0 Å². The number of rotatable bonds is 3. The van der Waals surface area contributed by atoms with Crippen LogP contribution in [-0.4, -0.2) is 15.1 Å². The zero-order valence-corrected chi connectivity index (χ0v) is 9.79. The number of aliphatic hydroxyl groups excluding tert-OH is 1. The second-order valence-corrected chi connectivity index (χ2v) is 3.84. The minimum absolute atomic E-state index is 0.486. The van der Waals surface area contributed by atoms with Crippen LogP contribution in [0.1, 0.15) is 24.3 Å². The Bertz CT molecular complexity index is 478. The highest BCUT2D eigenvalue weighted by Crippen LogP contribution is 2.20. The maximum absolute atomic E-state index is 9.34. The van der Waals surface area contributed by atoms with Crippen LogP contribution in [0.25, 0.3) is 0 Å². The smallest absolute Gasteiger partial charge is 0.219 e. The molecule has 2 aromatic heterocycles. The molecule has 0 saturated heterocycles. The number of aliphatic hydroxyl groups is 1. The van der Waals surface area contributed by atoms with Crippen molar-refractivity contribution in [3.63, 3.8) is 0 Å². The first-order valence-corrected chi connectivity index (χ1v) is 5.39. The third kappa shape index (κ3) is 3.01. The highest BCUT2D eigenvalue weighted by atomic mass is 16.5. The molecular weight excluding hydrogens is 216 g/mol. The summed E-state index contributed by atoms with van der Waals surface area (Å²) in [4.78, 5) is 8.24. The predicted molar refractivity (Wildman–Crippen MR) is 63.9 cm³/mol. The first-order valence-electron chi connectivity index (χ1n) is 5.39. The third-order valence-corrected chi connectivity index (χ3v) is 2.35. The van der Waals surface area contributed by atoms with Crippen LogP contribution >= 0.6 is 0 Å². The summed E-state index contributed by atoms with van der Waals surface area (Å²) in [6.45, 7) is 3.61. The van der Waals surface area contributed by atoms with Crippen molar-refractivity contribution in [3.8, 4) is 11.6 Å². The Hall–Kier alpha value is -1.94. The molecule has 0 radical (unpaired) electrons. The molecule has 17 heavy (non-hydrogen) atoms. The molecule has 0 spiro atoms. The summed E-state index contributed by atoms with van der Waals surface area (Å²) in [6, 6.07) is 7.22. The summed E-state index contributed by atoms with van der Waals surface area (Å²) in [5.41, 5.74) is 1.70. The molecule has 88 valence electrons. The maximum atomic E-state index is 9.34. The molecule has 2 heterocycles. The summed E-state index contributed by atoms with van der Waals surface area (Å²) in [5, 5.41) is 9.34. The Balaban J connectivity index is 2.11. The van der Waals surface area contributed by atoms with Crippen LogP contribution in [0.15, 0.2) is 36.7 Å². The molecule has 0 aliphatic heterocycles. The summed E-state index contributed by atoms with van der Waals surface area (Å²) in [6.07, 6.45) is 2.74. The van der Waals surface area contributed by atoms with Gasteiger partial charge in [0.1, 0.15) is 5.75 Å². The fraction of sp³-hybridized carbons (Fsp3) is 0.231. The molecule has 0 aromatic carbocycles. The van der Waals surface area contributed by atoms with Crippen LogP contribution in [0.2, 0.25) is 0 Å². The summed E-state index contributed by atoms with van der Waals surface area (Å²) in [5.74, 6) is 1.13. The van der Waals surface area contributed by atoms with Gasteiger partial charge in [0.15, 0.2) is 0 Å². The number of pyridine rings is 2. The van der Waals surface area contributed by atoms with E-state index in [2.05, 4.69) is 9.97 Å². The second-order valence-electron chi connectivity index (χ2n) is 3.84. The maximum Gasteiger partial charge on any atom is 0.219 e. The Morgan fingerprint density at radius 3 is 2.47 bits per heavy atom. The van der Waals surface area contributed by atoms with Crippen molar-refractivity contribution >= 4 is 0 Å². The summed E-state index contributed by atoms with van der Waals surface area (Å²) in [7, 11) is 0. The number of ether oxygens (including phenoxy) is 1. The number of hydrogen-bond donors (Lipinski definition) is 1. The van der Waals surface area contributed by atoms with Crippen molar-refractivity contribution in [2.45, 2.75) is 20.0 Å². The Labute approximate surface area is 99.9 Å².